The summed E-state index contributed by atoms with van der Waals surface area (Å²) in [6.45, 7) is 2.71. The van der Waals surface area contributed by atoms with Crippen molar-refractivity contribution in [3.8, 4) is 17.3 Å². The molecule has 0 aromatic heterocycles. The van der Waals surface area contributed by atoms with Crippen molar-refractivity contribution in [2.75, 3.05) is 21.2 Å². The lowest BCUT2D eigenvalue weighted by molar-refractivity contribution is 0.0693. The molecule has 1 aromatic carbocycles. The lowest BCUT2D eigenvalue weighted by Crippen LogP contribution is -2.12. The third-order valence-electron chi connectivity index (χ3n) is 4.27. The summed E-state index contributed by atoms with van der Waals surface area (Å²) in [6, 6.07) is 8.96. The Balaban J connectivity index is 2.01. The highest BCUT2D eigenvalue weighted by Gasteiger charge is 2.20. The Kier molecular flexibility index (Phi) is 4.90. The second kappa shape index (κ2) is 7.13. The Bertz CT molecular complexity index is 904. The van der Waals surface area contributed by atoms with Crippen molar-refractivity contribution in [2.24, 2.45) is 0 Å². The minimum Gasteiger partial charge on any atom is -0.496 e. The number of fused-ring (bicyclic) bond motifs is 1. The van der Waals surface area contributed by atoms with Gasteiger partial charge in [-0.3, -0.25) is 0 Å². The second-order valence-electron chi connectivity index (χ2n) is 6.44. The molecule has 0 aliphatic carbocycles. The van der Waals surface area contributed by atoms with Gasteiger partial charge in [-0.15, -0.1) is 0 Å². The van der Waals surface area contributed by atoms with Crippen molar-refractivity contribution < 1.29 is 14.6 Å². The molecule has 1 aromatic rings. The number of carboxylic acids is 1. The zero-order chi connectivity index (χ0) is 18.8. The molecule has 3 rings (SSSR count). The van der Waals surface area contributed by atoms with E-state index in [1.165, 1.54) is 7.11 Å². The van der Waals surface area contributed by atoms with Crippen molar-refractivity contribution in [1.82, 2.24) is 19.4 Å². The minimum absolute atomic E-state index is 0.0562. The van der Waals surface area contributed by atoms with Gasteiger partial charge in [-0.05, 0) is 50.8 Å². The van der Waals surface area contributed by atoms with Crippen LogP contribution in [0.1, 0.15) is 34.7 Å². The molecule has 0 bridgehead atoms. The average Bonchev–Trinajstić information content (AvgIpc) is 3.01. The lowest BCUT2D eigenvalue weighted by atomic mass is 10.0. The van der Waals surface area contributed by atoms with Crippen molar-refractivity contribution in [3.05, 3.63) is 53.5 Å². The van der Waals surface area contributed by atoms with Gasteiger partial charge in [0.25, 0.3) is 0 Å². The molecule has 7 nitrogen and oxygen atoms in total. The summed E-state index contributed by atoms with van der Waals surface area (Å²) >= 11 is 0. The van der Waals surface area contributed by atoms with Crippen LogP contribution in [0, 0.1) is 0 Å². The summed E-state index contributed by atoms with van der Waals surface area (Å²) < 4.78 is 7.28. The highest BCUT2D eigenvalue weighted by molar-refractivity contribution is 5.91. The average molecular weight is 354 g/mol. The van der Waals surface area contributed by atoms with Crippen LogP contribution in [0.5, 0.6) is 5.75 Å². The van der Waals surface area contributed by atoms with Gasteiger partial charge in [0.05, 0.1) is 19.7 Å². The van der Waals surface area contributed by atoms with E-state index in [1.807, 2.05) is 48.8 Å². The predicted molar refractivity (Wildman–Crippen MR) is 97.8 cm³/mol. The van der Waals surface area contributed by atoms with E-state index in [9.17, 15) is 9.90 Å². The van der Waals surface area contributed by atoms with Crippen molar-refractivity contribution in [3.63, 3.8) is 0 Å². The normalized spacial score (nSPS) is 12.5. The third-order valence-corrected chi connectivity index (χ3v) is 4.27. The van der Waals surface area contributed by atoms with Gasteiger partial charge in [0.1, 0.15) is 22.8 Å². The molecule has 1 atom stereocenters. The smallest absolute Gasteiger partial charge is 0.339 e. The van der Waals surface area contributed by atoms with Crippen LogP contribution < -0.4 is 4.74 Å². The molecule has 1 N–H and O–H groups in total. The number of nitrogens with zero attached hydrogens (tertiary/aromatic N) is 4. The first kappa shape index (κ1) is 17.9. The van der Waals surface area contributed by atoms with Crippen LogP contribution >= 0.6 is 0 Å². The number of methoxy groups -OCH3 is 1. The molecule has 0 saturated carbocycles. The van der Waals surface area contributed by atoms with Gasteiger partial charge in [-0.1, -0.05) is 6.07 Å². The number of carboxylic acid groups (broad SMARTS) is 1. The maximum Gasteiger partial charge on any atom is 0.339 e. The van der Waals surface area contributed by atoms with E-state index >= 15 is 0 Å². The maximum absolute atomic E-state index is 11.3. The Hall–Kier alpha value is -2.93. The van der Waals surface area contributed by atoms with Crippen LogP contribution in [0.2, 0.25) is 0 Å². The van der Waals surface area contributed by atoms with E-state index in [4.69, 9.17) is 4.74 Å². The van der Waals surface area contributed by atoms with E-state index < -0.39 is 5.97 Å². The van der Waals surface area contributed by atoms with Crippen molar-refractivity contribution in [2.45, 2.75) is 19.5 Å². The van der Waals surface area contributed by atoms with Gasteiger partial charge in [-0.2, -0.15) is 0 Å². The summed E-state index contributed by atoms with van der Waals surface area (Å²) in [6.07, 6.45) is 1.96. The lowest BCUT2D eigenvalue weighted by Gasteiger charge is -2.20. The number of hydrogen-bond acceptors (Lipinski definition) is 5. The molecule has 2 aliphatic rings. The van der Waals surface area contributed by atoms with E-state index in [-0.39, 0.29) is 11.6 Å². The largest absolute Gasteiger partial charge is 0.496 e. The van der Waals surface area contributed by atoms with Gasteiger partial charge >= 0.3 is 5.97 Å². The zero-order valence-corrected chi connectivity index (χ0v) is 15.3. The van der Waals surface area contributed by atoms with E-state index in [1.54, 1.807) is 18.2 Å². The van der Waals surface area contributed by atoms with E-state index in [0.717, 1.165) is 22.9 Å². The molecule has 2 aliphatic heterocycles. The number of imidazole rings is 1. The summed E-state index contributed by atoms with van der Waals surface area (Å²) in [4.78, 5) is 22.6. The van der Waals surface area contributed by atoms with E-state index in [0.29, 0.717) is 12.3 Å². The number of benzene rings is 1. The monoisotopic (exact) mass is 354 g/mol. The topological polar surface area (TPSA) is 80.5 Å². The second-order valence-corrected chi connectivity index (χ2v) is 6.44. The number of carbonyl (C=O) groups is 1. The zero-order valence-electron chi connectivity index (χ0n) is 15.3. The first-order chi connectivity index (χ1) is 12.4. The molecule has 0 amide bonds. The van der Waals surface area contributed by atoms with Crippen molar-refractivity contribution >= 4 is 5.97 Å². The molecule has 136 valence electrons. The standard InChI is InChI=1S/C19H22N4O3/c1-12(13-7-8-14(19(24)25)16(10-13)26-4)23-9-5-6-15-18(23)21-17(20-15)11-22(2)3/h5-10,12H,11H2,1-4H3,(H,24,25). The Morgan fingerprint density at radius 3 is 2.73 bits per heavy atom. The van der Waals surface area contributed by atoms with Gasteiger partial charge in [0.2, 0.25) is 0 Å². The fourth-order valence-electron chi connectivity index (χ4n) is 2.96. The summed E-state index contributed by atoms with van der Waals surface area (Å²) in [5.74, 6) is 0.914. The van der Waals surface area contributed by atoms with Crippen LogP contribution in [-0.2, 0) is 6.54 Å². The quantitative estimate of drug-likeness (QED) is 0.733. The molecule has 7 heteroatoms. The number of hydrogen-bond donors (Lipinski definition) is 1. The van der Waals surface area contributed by atoms with Gasteiger partial charge in [-0.25, -0.2) is 14.8 Å². The summed E-state index contributed by atoms with van der Waals surface area (Å²) in [5, 5.41) is 9.25. The predicted octanol–water partition coefficient (Wildman–Crippen LogP) is 2.76. The molecule has 2 heterocycles. The van der Waals surface area contributed by atoms with E-state index in [2.05, 4.69) is 9.97 Å². The molecule has 0 radical (unpaired) electrons. The molecular weight excluding hydrogens is 332 g/mol. The molecule has 0 fully saturated rings. The molecule has 0 saturated heterocycles. The van der Waals surface area contributed by atoms with Crippen LogP contribution in [0.15, 0.2) is 36.5 Å². The molecular formula is C19H22N4O3. The van der Waals surface area contributed by atoms with Gasteiger partial charge < -0.3 is 19.3 Å². The van der Waals surface area contributed by atoms with Gasteiger partial charge in [0.15, 0.2) is 5.82 Å². The SMILES string of the molecule is COc1cc(C(C)n2cccc3nc(CN(C)C)nc2-3)ccc1C(=O)O. The first-order valence-electron chi connectivity index (χ1n) is 8.30. The molecule has 1 unspecified atom stereocenters. The fourth-order valence-corrected chi connectivity index (χ4v) is 2.96. The van der Waals surface area contributed by atoms with Gasteiger partial charge in [0, 0.05) is 6.20 Å². The Labute approximate surface area is 152 Å². The minimum atomic E-state index is -1.01. The molecule has 26 heavy (non-hydrogen) atoms. The highest BCUT2D eigenvalue weighted by atomic mass is 16.5. The van der Waals surface area contributed by atoms with Crippen LogP contribution in [0.25, 0.3) is 11.5 Å². The molecule has 0 spiro atoms. The number of rotatable bonds is 6. The van der Waals surface area contributed by atoms with Crippen LogP contribution in [-0.4, -0.2) is 51.7 Å². The Morgan fingerprint density at radius 2 is 2.08 bits per heavy atom. The fraction of sp³-hybridized carbons (Fsp3) is 0.316. The summed E-state index contributed by atoms with van der Waals surface area (Å²) in [7, 11) is 5.43. The highest BCUT2D eigenvalue weighted by Crippen LogP contribution is 2.29. The van der Waals surface area contributed by atoms with Crippen LogP contribution in [0.4, 0.5) is 0 Å². The number of aromatic nitrogens is 3. The number of pyridine rings is 1. The Morgan fingerprint density at radius 1 is 1.31 bits per heavy atom. The number of aromatic carboxylic acids is 1. The summed E-state index contributed by atoms with van der Waals surface area (Å²) in [5.41, 5.74) is 1.92. The van der Waals surface area contributed by atoms with Crippen LogP contribution in [0.3, 0.4) is 0 Å². The first-order valence-corrected chi connectivity index (χ1v) is 8.30. The number of ether oxygens (including phenoxy) is 1. The van der Waals surface area contributed by atoms with Crippen molar-refractivity contribution in [1.29, 1.82) is 0 Å². The third kappa shape index (κ3) is 3.39. The maximum atomic E-state index is 11.3.